The summed E-state index contributed by atoms with van der Waals surface area (Å²) in [5.74, 6) is 0. The van der Waals surface area contributed by atoms with Crippen molar-refractivity contribution in [2.24, 2.45) is 0 Å². The molecule has 0 aliphatic rings. The van der Waals surface area contributed by atoms with Crippen molar-refractivity contribution in [3.8, 4) is 6.07 Å². The number of aryl methyl sites for hydroxylation is 1. The first-order valence-corrected chi connectivity index (χ1v) is 8.67. The van der Waals surface area contributed by atoms with E-state index >= 15 is 0 Å². The highest BCUT2D eigenvalue weighted by atomic mass is 79.9. The Hall–Kier alpha value is -0.880. The van der Waals surface area contributed by atoms with Crippen molar-refractivity contribution in [1.29, 1.82) is 5.26 Å². The third-order valence-corrected chi connectivity index (χ3v) is 7.03. The first-order valence-electron chi connectivity index (χ1n) is 4.70. The summed E-state index contributed by atoms with van der Waals surface area (Å²) in [6.45, 7) is 1.82. The van der Waals surface area contributed by atoms with Crippen LogP contribution in [0.25, 0.3) is 0 Å². The third-order valence-electron chi connectivity index (χ3n) is 2.11. The van der Waals surface area contributed by atoms with Gasteiger partial charge in [-0.15, -0.1) is 22.7 Å². The van der Waals surface area contributed by atoms with Gasteiger partial charge in [-0.25, -0.2) is 8.42 Å². The van der Waals surface area contributed by atoms with Crippen LogP contribution in [0.5, 0.6) is 0 Å². The van der Waals surface area contributed by atoms with Gasteiger partial charge in [0, 0.05) is 0 Å². The molecule has 2 heterocycles. The average Bonchev–Trinajstić information content (AvgIpc) is 2.86. The molecule has 0 atom stereocenters. The molecule has 0 amide bonds. The van der Waals surface area contributed by atoms with Crippen LogP contribution in [0.1, 0.15) is 11.1 Å². The molecule has 0 bridgehead atoms. The zero-order valence-corrected chi connectivity index (χ0v) is 13.1. The number of hydrogen-bond acceptors (Lipinski definition) is 5. The molecular weight excluding hydrogens is 356 g/mol. The van der Waals surface area contributed by atoms with Crippen LogP contribution in [0.2, 0.25) is 0 Å². The Kier molecular flexibility index (Phi) is 3.77. The second-order valence-electron chi connectivity index (χ2n) is 3.40. The lowest BCUT2D eigenvalue weighted by molar-refractivity contribution is 0.603. The van der Waals surface area contributed by atoms with Crippen LogP contribution in [0, 0.1) is 18.3 Å². The van der Waals surface area contributed by atoms with E-state index in [2.05, 4.69) is 20.7 Å². The number of thiophene rings is 2. The summed E-state index contributed by atoms with van der Waals surface area (Å²) in [7, 11) is -3.62. The minimum absolute atomic E-state index is 0.226. The molecule has 8 heteroatoms. The molecule has 1 N–H and O–H groups in total. The van der Waals surface area contributed by atoms with E-state index in [1.54, 1.807) is 17.5 Å². The lowest BCUT2D eigenvalue weighted by Crippen LogP contribution is -2.11. The smallest absolute Gasteiger partial charge is 0.269 e. The summed E-state index contributed by atoms with van der Waals surface area (Å²) in [4.78, 5) is 0. The molecule has 18 heavy (non-hydrogen) atoms. The fraction of sp³-hybridized carbons (Fsp3) is 0.100. The summed E-state index contributed by atoms with van der Waals surface area (Å²) < 4.78 is 27.7. The van der Waals surface area contributed by atoms with E-state index in [-0.39, 0.29) is 4.21 Å². The normalized spacial score (nSPS) is 11.2. The minimum atomic E-state index is -3.62. The Morgan fingerprint density at radius 3 is 2.78 bits per heavy atom. The van der Waals surface area contributed by atoms with Crippen LogP contribution in [0.3, 0.4) is 0 Å². The molecule has 0 spiro atoms. The van der Waals surface area contributed by atoms with Gasteiger partial charge in [0.15, 0.2) is 0 Å². The largest absolute Gasteiger partial charge is 0.272 e. The Bertz CT molecular complexity index is 705. The van der Waals surface area contributed by atoms with Gasteiger partial charge < -0.3 is 0 Å². The van der Waals surface area contributed by atoms with E-state index in [1.165, 1.54) is 11.3 Å². The highest BCUT2D eigenvalue weighted by molar-refractivity contribution is 9.11. The highest BCUT2D eigenvalue weighted by Crippen LogP contribution is 2.33. The zero-order chi connectivity index (χ0) is 13.3. The van der Waals surface area contributed by atoms with Gasteiger partial charge in [-0.1, -0.05) is 0 Å². The van der Waals surface area contributed by atoms with Gasteiger partial charge >= 0.3 is 0 Å². The lowest BCUT2D eigenvalue weighted by Gasteiger charge is -2.03. The Balaban J connectivity index is 2.36. The van der Waals surface area contributed by atoms with Gasteiger partial charge in [-0.05, 0) is 45.9 Å². The summed E-state index contributed by atoms with van der Waals surface area (Å²) in [6.07, 6.45) is 0. The minimum Gasteiger partial charge on any atom is -0.269 e. The van der Waals surface area contributed by atoms with Crippen LogP contribution in [0.4, 0.5) is 5.00 Å². The van der Waals surface area contributed by atoms with Gasteiger partial charge in [0.25, 0.3) is 10.0 Å². The molecule has 0 radical (unpaired) electrons. The molecule has 0 saturated carbocycles. The molecule has 0 aromatic carbocycles. The summed E-state index contributed by atoms with van der Waals surface area (Å²) in [5.41, 5.74) is 1.20. The molecule has 2 rings (SSSR count). The van der Waals surface area contributed by atoms with Crippen molar-refractivity contribution in [3.63, 3.8) is 0 Å². The Morgan fingerprint density at radius 1 is 1.50 bits per heavy atom. The van der Waals surface area contributed by atoms with Gasteiger partial charge in [-0.3, -0.25) is 4.72 Å². The molecule has 0 aliphatic carbocycles. The van der Waals surface area contributed by atoms with Crippen LogP contribution in [-0.4, -0.2) is 8.42 Å². The predicted octanol–water partition coefficient (Wildman–Crippen LogP) is 3.55. The van der Waals surface area contributed by atoms with Gasteiger partial charge in [0.2, 0.25) is 0 Å². The topological polar surface area (TPSA) is 70.0 Å². The van der Waals surface area contributed by atoms with Crippen molar-refractivity contribution in [2.75, 3.05) is 4.72 Å². The first-order chi connectivity index (χ1) is 8.44. The van der Waals surface area contributed by atoms with Crippen LogP contribution < -0.4 is 4.72 Å². The van der Waals surface area contributed by atoms with Crippen molar-refractivity contribution in [2.45, 2.75) is 11.1 Å². The molecular formula is C10H7BrN2O2S3. The fourth-order valence-corrected chi connectivity index (χ4v) is 5.51. The van der Waals surface area contributed by atoms with E-state index in [0.29, 0.717) is 10.6 Å². The molecule has 0 unspecified atom stereocenters. The number of anilines is 1. The summed E-state index contributed by atoms with van der Waals surface area (Å²) in [5, 5.41) is 10.9. The van der Waals surface area contributed by atoms with E-state index < -0.39 is 10.0 Å². The van der Waals surface area contributed by atoms with Crippen LogP contribution in [0.15, 0.2) is 25.5 Å². The quantitative estimate of drug-likeness (QED) is 0.907. The molecule has 2 aromatic heterocycles. The molecule has 94 valence electrons. The maximum atomic E-state index is 12.1. The number of rotatable bonds is 3. The molecule has 0 fully saturated rings. The Labute approximate surface area is 121 Å². The number of nitriles is 1. The lowest BCUT2D eigenvalue weighted by atomic mass is 10.4. The number of sulfonamides is 1. The van der Waals surface area contributed by atoms with Crippen molar-refractivity contribution >= 4 is 53.6 Å². The van der Waals surface area contributed by atoms with Crippen molar-refractivity contribution in [1.82, 2.24) is 0 Å². The fourth-order valence-electron chi connectivity index (χ4n) is 1.21. The maximum absolute atomic E-state index is 12.1. The Morgan fingerprint density at radius 2 is 2.22 bits per heavy atom. The maximum Gasteiger partial charge on any atom is 0.272 e. The number of halogens is 1. The molecule has 0 saturated heterocycles. The van der Waals surface area contributed by atoms with Crippen LogP contribution in [-0.2, 0) is 10.0 Å². The monoisotopic (exact) mass is 362 g/mol. The molecule has 2 aromatic rings. The number of nitrogens with zero attached hydrogens (tertiary/aromatic N) is 1. The SMILES string of the molecule is Cc1cc(S(=O)(=O)Nc2sccc2C#N)sc1Br. The van der Waals surface area contributed by atoms with Gasteiger partial charge in [-0.2, -0.15) is 5.26 Å². The predicted molar refractivity (Wildman–Crippen MR) is 76.6 cm³/mol. The standard InChI is InChI=1S/C10H7BrN2O2S3/c1-6-4-8(17-9(6)11)18(14,15)13-10-7(5-12)2-3-16-10/h2-4,13H,1H3. The second kappa shape index (κ2) is 5.01. The zero-order valence-electron chi connectivity index (χ0n) is 9.10. The van der Waals surface area contributed by atoms with E-state index in [9.17, 15) is 8.42 Å². The van der Waals surface area contributed by atoms with Crippen molar-refractivity contribution < 1.29 is 8.42 Å². The van der Waals surface area contributed by atoms with Crippen LogP contribution >= 0.6 is 38.6 Å². The first kappa shape index (κ1) is 13.5. The van der Waals surface area contributed by atoms with Crippen molar-refractivity contribution in [3.05, 3.63) is 32.4 Å². The number of nitrogens with one attached hydrogen (secondary N) is 1. The highest BCUT2D eigenvalue weighted by Gasteiger charge is 2.20. The van der Waals surface area contributed by atoms with E-state index in [1.807, 2.05) is 13.0 Å². The second-order valence-corrected chi connectivity index (χ2v) is 8.60. The molecule has 0 aliphatic heterocycles. The summed E-state index contributed by atoms with van der Waals surface area (Å²) in [6, 6.07) is 5.12. The van der Waals surface area contributed by atoms with E-state index in [0.717, 1.165) is 20.7 Å². The number of hydrogen-bond donors (Lipinski definition) is 1. The average molecular weight is 363 g/mol. The summed E-state index contributed by atoms with van der Waals surface area (Å²) >= 11 is 5.62. The van der Waals surface area contributed by atoms with Gasteiger partial charge in [0.05, 0.1) is 9.35 Å². The van der Waals surface area contributed by atoms with Gasteiger partial charge in [0.1, 0.15) is 15.3 Å². The molecule has 4 nitrogen and oxygen atoms in total. The van der Waals surface area contributed by atoms with E-state index in [4.69, 9.17) is 5.26 Å². The third kappa shape index (κ3) is 2.59.